The number of hydrogen-bond donors (Lipinski definition) is 1. The molecule has 2 heterocycles. The van der Waals surface area contributed by atoms with Gasteiger partial charge in [0.15, 0.2) is 0 Å². The molecule has 110 valence electrons. The van der Waals surface area contributed by atoms with Gasteiger partial charge in [-0.1, -0.05) is 23.7 Å². The van der Waals surface area contributed by atoms with Gasteiger partial charge in [-0.2, -0.15) is 0 Å². The summed E-state index contributed by atoms with van der Waals surface area (Å²) in [7, 11) is 0. The molecule has 1 aromatic carbocycles. The summed E-state index contributed by atoms with van der Waals surface area (Å²) in [5.41, 5.74) is 9.18. The smallest absolute Gasteiger partial charge is 0.0634 e. The first kappa shape index (κ1) is 14.2. The van der Waals surface area contributed by atoms with Gasteiger partial charge in [0.25, 0.3) is 0 Å². The molecule has 1 aliphatic heterocycles. The van der Waals surface area contributed by atoms with Gasteiger partial charge in [-0.3, -0.25) is 9.88 Å². The van der Waals surface area contributed by atoms with Crippen LogP contribution in [0.25, 0.3) is 0 Å². The van der Waals surface area contributed by atoms with E-state index in [1.165, 1.54) is 0 Å². The van der Waals surface area contributed by atoms with Crippen molar-refractivity contribution in [3.8, 4) is 0 Å². The van der Waals surface area contributed by atoms with Crippen LogP contribution in [0.2, 0.25) is 5.02 Å². The number of pyridine rings is 1. The third kappa shape index (κ3) is 3.28. The van der Waals surface area contributed by atoms with E-state index in [0.29, 0.717) is 0 Å². The maximum atomic E-state index is 6.17. The highest BCUT2D eigenvalue weighted by Crippen LogP contribution is 2.24. The van der Waals surface area contributed by atoms with E-state index in [1.54, 1.807) is 12.4 Å². The van der Waals surface area contributed by atoms with Crippen molar-refractivity contribution in [1.82, 2.24) is 9.88 Å². The lowest BCUT2D eigenvalue weighted by atomic mass is 10.2. The summed E-state index contributed by atoms with van der Waals surface area (Å²) in [5.74, 6) is 0. The van der Waals surface area contributed by atoms with Crippen molar-refractivity contribution in [2.24, 2.45) is 0 Å². The maximum absolute atomic E-state index is 6.17. The number of benzene rings is 1. The average molecular weight is 303 g/mol. The standard InChI is InChI=1S/C16H19ClN4/c17-14-11-19-6-5-13(14)12-20-7-9-21(10-8-20)16-4-2-1-3-15(16)18/h1-6,11H,7-10,12,18H2. The summed E-state index contributed by atoms with van der Waals surface area (Å²) in [4.78, 5) is 8.79. The summed E-state index contributed by atoms with van der Waals surface area (Å²) in [6.45, 7) is 4.85. The minimum absolute atomic E-state index is 0.743. The van der Waals surface area contributed by atoms with E-state index in [4.69, 9.17) is 17.3 Å². The van der Waals surface area contributed by atoms with Gasteiger partial charge in [0.05, 0.1) is 16.4 Å². The third-order valence-electron chi connectivity index (χ3n) is 3.90. The predicted molar refractivity (Wildman–Crippen MR) is 87.6 cm³/mol. The molecule has 1 saturated heterocycles. The van der Waals surface area contributed by atoms with Crippen molar-refractivity contribution in [2.45, 2.75) is 6.54 Å². The molecule has 2 N–H and O–H groups in total. The molecule has 4 nitrogen and oxygen atoms in total. The summed E-state index contributed by atoms with van der Waals surface area (Å²) >= 11 is 6.17. The highest BCUT2D eigenvalue weighted by Gasteiger charge is 2.19. The average Bonchev–Trinajstić information content (AvgIpc) is 2.51. The Labute approximate surface area is 130 Å². The zero-order chi connectivity index (χ0) is 14.7. The van der Waals surface area contributed by atoms with E-state index in [-0.39, 0.29) is 0 Å². The highest BCUT2D eigenvalue weighted by molar-refractivity contribution is 6.31. The van der Waals surface area contributed by atoms with Gasteiger partial charge < -0.3 is 10.6 Å². The fourth-order valence-corrected chi connectivity index (χ4v) is 2.87. The van der Waals surface area contributed by atoms with Crippen LogP contribution in [0.5, 0.6) is 0 Å². The molecule has 0 amide bonds. The Bertz CT molecular complexity index is 609. The number of halogens is 1. The van der Waals surface area contributed by atoms with E-state index in [1.807, 2.05) is 24.3 Å². The molecule has 21 heavy (non-hydrogen) atoms. The molecule has 0 saturated carbocycles. The minimum atomic E-state index is 0.743. The van der Waals surface area contributed by atoms with Crippen LogP contribution in [0.4, 0.5) is 11.4 Å². The fraction of sp³-hybridized carbons (Fsp3) is 0.312. The van der Waals surface area contributed by atoms with Gasteiger partial charge in [-0.25, -0.2) is 0 Å². The molecular formula is C16H19ClN4. The van der Waals surface area contributed by atoms with Crippen LogP contribution in [0, 0.1) is 0 Å². The van der Waals surface area contributed by atoms with E-state index in [2.05, 4.69) is 20.9 Å². The highest BCUT2D eigenvalue weighted by atomic mass is 35.5. The van der Waals surface area contributed by atoms with Crippen molar-refractivity contribution in [3.05, 3.63) is 53.3 Å². The SMILES string of the molecule is Nc1ccccc1N1CCN(Cc2ccncc2Cl)CC1. The summed E-state index contributed by atoms with van der Waals surface area (Å²) < 4.78 is 0. The number of anilines is 2. The molecular weight excluding hydrogens is 284 g/mol. The molecule has 0 radical (unpaired) electrons. The van der Waals surface area contributed by atoms with E-state index < -0.39 is 0 Å². The summed E-state index contributed by atoms with van der Waals surface area (Å²) in [6, 6.07) is 10.0. The third-order valence-corrected chi connectivity index (χ3v) is 4.24. The number of nitrogens with two attached hydrogens (primary N) is 1. The largest absolute Gasteiger partial charge is 0.397 e. The van der Waals surface area contributed by atoms with E-state index in [0.717, 1.165) is 54.7 Å². The van der Waals surface area contributed by atoms with Crippen molar-refractivity contribution in [1.29, 1.82) is 0 Å². The topological polar surface area (TPSA) is 45.4 Å². The van der Waals surface area contributed by atoms with E-state index in [9.17, 15) is 0 Å². The Morgan fingerprint density at radius 3 is 2.57 bits per heavy atom. The molecule has 0 unspecified atom stereocenters. The molecule has 0 aliphatic carbocycles. The number of aromatic nitrogens is 1. The second kappa shape index (κ2) is 6.33. The number of nitrogens with zero attached hydrogens (tertiary/aromatic N) is 3. The lowest BCUT2D eigenvalue weighted by Gasteiger charge is -2.36. The molecule has 2 aromatic rings. The molecule has 1 aliphatic rings. The molecule has 1 aromatic heterocycles. The van der Waals surface area contributed by atoms with Crippen molar-refractivity contribution in [3.63, 3.8) is 0 Å². The lowest BCUT2D eigenvalue weighted by molar-refractivity contribution is 0.250. The van der Waals surface area contributed by atoms with Crippen LogP contribution in [-0.4, -0.2) is 36.1 Å². The first-order chi connectivity index (χ1) is 10.2. The maximum Gasteiger partial charge on any atom is 0.0634 e. The number of nitrogen functional groups attached to an aromatic ring is 1. The van der Waals surface area contributed by atoms with Gasteiger partial charge in [-0.05, 0) is 23.8 Å². The zero-order valence-corrected chi connectivity index (χ0v) is 12.6. The predicted octanol–water partition coefficient (Wildman–Crippen LogP) is 2.64. The summed E-state index contributed by atoms with van der Waals surface area (Å²) in [5, 5.41) is 0.743. The molecule has 0 bridgehead atoms. The Morgan fingerprint density at radius 2 is 1.86 bits per heavy atom. The number of piperazine rings is 1. The van der Waals surface area contributed by atoms with Crippen LogP contribution in [0.1, 0.15) is 5.56 Å². The van der Waals surface area contributed by atoms with Gasteiger partial charge in [0, 0.05) is 45.1 Å². The van der Waals surface area contributed by atoms with Gasteiger partial charge in [0.1, 0.15) is 0 Å². The summed E-state index contributed by atoms with van der Waals surface area (Å²) in [6.07, 6.45) is 3.50. The first-order valence-electron chi connectivity index (χ1n) is 7.14. The van der Waals surface area contributed by atoms with E-state index >= 15 is 0 Å². The Kier molecular flexibility index (Phi) is 4.27. The van der Waals surface area contributed by atoms with Crippen LogP contribution in [-0.2, 0) is 6.54 Å². The minimum Gasteiger partial charge on any atom is -0.397 e. The second-order valence-corrected chi connectivity index (χ2v) is 5.70. The number of rotatable bonds is 3. The normalized spacial score (nSPS) is 16.1. The quantitative estimate of drug-likeness (QED) is 0.885. The molecule has 0 atom stereocenters. The monoisotopic (exact) mass is 302 g/mol. The molecule has 3 rings (SSSR count). The fourth-order valence-electron chi connectivity index (χ4n) is 2.70. The molecule has 5 heteroatoms. The first-order valence-corrected chi connectivity index (χ1v) is 7.52. The van der Waals surface area contributed by atoms with Gasteiger partial charge >= 0.3 is 0 Å². The molecule has 0 spiro atoms. The number of hydrogen-bond acceptors (Lipinski definition) is 4. The Hall–Kier alpha value is -1.78. The Morgan fingerprint density at radius 1 is 1.10 bits per heavy atom. The lowest BCUT2D eigenvalue weighted by Crippen LogP contribution is -2.46. The Balaban J connectivity index is 1.61. The van der Waals surface area contributed by atoms with Crippen molar-refractivity contribution >= 4 is 23.0 Å². The van der Waals surface area contributed by atoms with Gasteiger partial charge in [-0.15, -0.1) is 0 Å². The van der Waals surface area contributed by atoms with Crippen molar-refractivity contribution in [2.75, 3.05) is 36.8 Å². The van der Waals surface area contributed by atoms with Crippen LogP contribution >= 0.6 is 11.6 Å². The van der Waals surface area contributed by atoms with Gasteiger partial charge in [0.2, 0.25) is 0 Å². The number of para-hydroxylation sites is 2. The second-order valence-electron chi connectivity index (χ2n) is 5.29. The van der Waals surface area contributed by atoms with Crippen LogP contribution in [0.3, 0.4) is 0 Å². The molecule has 1 fully saturated rings. The van der Waals surface area contributed by atoms with Crippen molar-refractivity contribution < 1.29 is 0 Å². The van der Waals surface area contributed by atoms with Crippen LogP contribution < -0.4 is 10.6 Å². The zero-order valence-electron chi connectivity index (χ0n) is 11.9. The van der Waals surface area contributed by atoms with Crippen LogP contribution in [0.15, 0.2) is 42.7 Å².